The monoisotopic (exact) mass is 274 g/mol. The van der Waals surface area contributed by atoms with Crippen molar-refractivity contribution >= 4 is 11.5 Å². The first-order chi connectivity index (χ1) is 9.33. The summed E-state index contributed by atoms with van der Waals surface area (Å²) in [5.41, 5.74) is 1.68. The highest BCUT2D eigenvalue weighted by atomic mass is 32.1. The van der Waals surface area contributed by atoms with Crippen LogP contribution in [0.1, 0.15) is 18.9 Å². The first-order valence-electron chi connectivity index (χ1n) is 5.96. The van der Waals surface area contributed by atoms with Crippen LogP contribution in [0, 0.1) is 6.92 Å². The van der Waals surface area contributed by atoms with E-state index in [-0.39, 0.29) is 0 Å². The van der Waals surface area contributed by atoms with E-state index in [1.165, 1.54) is 11.5 Å². The molecule has 6 nitrogen and oxygen atoms in total. The number of aryl methyl sites for hydroxylation is 1. The average Bonchev–Trinajstić information content (AvgIpc) is 3.10. The Hall–Kier alpha value is -2.15. The van der Waals surface area contributed by atoms with E-state index >= 15 is 0 Å². The number of hydrogen-bond donors (Lipinski definition) is 0. The molecule has 3 aromatic heterocycles. The van der Waals surface area contributed by atoms with Gasteiger partial charge in [0.05, 0.1) is 6.20 Å². The van der Waals surface area contributed by atoms with Crippen molar-refractivity contribution in [1.29, 1.82) is 0 Å². The van der Waals surface area contributed by atoms with Gasteiger partial charge in [-0.2, -0.15) is 9.06 Å². The zero-order valence-corrected chi connectivity index (χ0v) is 11.8. The van der Waals surface area contributed by atoms with E-state index < -0.39 is 0 Å². The van der Waals surface area contributed by atoms with Gasteiger partial charge in [0.15, 0.2) is 0 Å². The SMILES string of the molecule is CC.Cc1nc(-n2cc(-c3cccnc3)nn2)ns1. The zero-order valence-electron chi connectivity index (χ0n) is 11.0. The average molecular weight is 274 g/mol. The highest BCUT2D eigenvalue weighted by Crippen LogP contribution is 2.15. The normalized spacial score (nSPS) is 9.84. The molecule has 0 radical (unpaired) electrons. The molecule has 0 amide bonds. The van der Waals surface area contributed by atoms with Crippen LogP contribution in [0.5, 0.6) is 0 Å². The largest absolute Gasteiger partial charge is 0.264 e. The van der Waals surface area contributed by atoms with Crippen LogP contribution in [0.25, 0.3) is 17.2 Å². The van der Waals surface area contributed by atoms with Crippen LogP contribution in [0.4, 0.5) is 0 Å². The van der Waals surface area contributed by atoms with Crippen molar-refractivity contribution in [3.63, 3.8) is 0 Å². The molecule has 0 aliphatic carbocycles. The maximum atomic E-state index is 4.24. The summed E-state index contributed by atoms with van der Waals surface area (Å²) in [5.74, 6) is 0.551. The van der Waals surface area contributed by atoms with Gasteiger partial charge >= 0.3 is 0 Å². The summed E-state index contributed by atoms with van der Waals surface area (Å²) in [7, 11) is 0. The topological polar surface area (TPSA) is 69.4 Å². The lowest BCUT2D eigenvalue weighted by molar-refractivity contribution is 0.767. The fourth-order valence-corrected chi connectivity index (χ4v) is 1.85. The highest BCUT2D eigenvalue weighted by Gasteiger charge is 2.08. The van der Waals surface area contributed by atoms with Gasteiger partial charge in [-0.3, -0.25) is 4.98 Å². The molecule has 3 heterocycles. The van der Waals surface area contributed by atoms with E-state index in [2.05, 4.69) is 24.7 Å². The minimum atomic E-state index is 0.551. The molecule has 3 rings (SSSR count). The molecule has 0 saturated carbocycles. The Morgan fingerprint density at radius 2 is 2.11 bits per heavy atom. The molecule has 0 spiro atoms. The van der Waals surface area contributed by atoms with E-state index in [0.717, 1.165) is 16.3 Å². The lowest BCUT2D eigenvalue weighted by Gasteiger charge is -1.91. The van der Waals surface area contributed by atoms with E-state index in [9.17, 15) is 0 Å². The molecule has 0 aliphatic heterocycles. The minimum Gasteiger partial charge on any atom is -0.264 e. The fraction of sp³-hybridized carbons (Fsp3) is 0.250. The van der Waals surface area contributed by atoms with Crippen molar-refractivity contribution in [3.8, 4) is 17.2 Å². The molecular weight excluding hydrogens is 260 g/mol. The number of nitrogens with zero attached hydrogens (tertiary/aromatic N) is 6. The standard InChI is InChI=1S/C10H8N6S.C2H6/c1-7-12-10(14-17-7)16-6-9(13-15-16)8-3-2-4-11-5-8;1-2/h2-6H,1H3;1-2H3. The van der Waals surface area contributed by atoms with E-state index in [1.54, 1.807) is 23.3 Å². The Kier molecular flexibility index (Phi) is 4.30. The molecule has 0 aromatic carbocycles. The Labute approximate surface area is 115 Å². The van der Waals surface area contributed by atoms with Crippen LogP contribution < -0.4 is 0 Å². The van der Waals surface area contributed by atoms with Crippen LogP contribution in [0.3, 0.4) is 0 Å². The zero-order chi connectivity index (χ0) is 13.7. The van der Waals surface area contributed by atoms with Gasteiger partial charge in [-0.05, 0) is 30.6 Å². The second-order valence-corrected chi connectivity index (χ2v) is 4.36. The number of hydrogen-bond acceptors (Lipinski definition) is 6. The maximum Gasteiger partial charge on any atom is 0.263 e. The Balaban J connectivity index is 0.000000637. The minimum absolute atomic E-state index is 0.551. The summed E-state index contributed by atoms with van der Waals surface area (Å²) in [6, 6.07) is 3.79. The van der Waals surface area contributed by atoms with Gasteiger partial charge in [0.25, 0.3) is 5.95 Å². The smallest absolute Gasteiger partial charge is 0.263 e. The van der Waals surface area contributed by atoms with Crippen LogP contribution in [-0.2, 0) is 0 Å². The molecule has 19 heavy (non-hydrogen) atoms. The van der Waals surface area contributed by atoms with Crippen LogP contribution in [0.15, 0.2) is 30.7 Å². The van der Waals surface area contributed by atoms with Crippen LogP contribution in [-0.4, -0.2) is 29.3 Å². The van der Waals surface area contributed by atoms with Crippen molar-refractivity contribution in [2.45, 2.75) is 20.8 Å². The van der Waals surface area contributed by atoms with Gasteiger partial charge in [0.2, 0.25) is 0 Å². The molecule has 98 valence electrons. The third-order valence-corrected chi connectivity index (χ3v) is 2.78. The van der Waals surface area contributed by atoms with Gasteiger partial charge in [0.1, 0.15) is 10.7 Å². The molecule has 0 unspecified atom stereocenters. The van der Waals surface area contributed by atoms with Crippen molar-refractivity contribution < 1.29 is 0 Å². The third kappa shape index (κ3) is 3.00. The van der Waals surface area contributed by atoms with Gasteiger partial charge in [-0.15, -0.1) is 5.10 Å². The quantitative estimate of drug-likeness (QED) is 0.718. The summed E-state index contributed by atoms with van der Waals surface area (Å²) >= 11 is 1.34. The maximum absolute atomic E-state index is 4.24. The van der Waals surface area contributed by atoms with E-state index in [0.29, 0.717) is 5.95 Å². The lowest BCUT2D eigenvalue weighted by Crippen LogP contribution is -1.96. The first kappa shape index (κ1) is 13.3. The van der Waals surface area contributed by atoms with Crippen molar-refractivity contribution in [2.75, 3.05) is 0 Å². The molecular formula is C12H14N6S. The van der Waals surface area contributed by atoms with Crippen molar-refractivity contribution in [1.82, 2.24) is 29.3 Å². The Morgan fingerprint density at radius 1 is 1.26 bits per heavy atom. The molecule has 0 saturated heterocycles. The van der Waals surface area contributed by atoms with Crippen molar-refractivity contribution in [3.05, 3.63) is 35.7 Å². The summed E-state index contributed by atoms with van der Waals surface area (Å²) in [6.45, 7) is 5.90. The third-order valence-electron chi connectivity index (χ3n) is 2.17. The second-order valence-electron chi connectivity index (χ2n) is 3.40. The van der Waals surface area contributed by atoms with Gasteiger partial charge < -0.3 is 0 Å². The summed E-state index contributed by atoms with van der Waals surface area (Å²) in [4.78, 5) is 8.28. The van der Waals surface area contributed by atoms with Gasteiger partial charge in [-0.1, -0.05) is 19.1 Å². The predicted octanol–water partition coefficient (Wildman–Crippen LogP) is 2.52. The van der Waals surface area contributed by atoms with Crippen LogP contribution in [0.2, 0.25) is 0 Å². The first-order valence-corrected chi connectivity index (χ1v) is 6.74. The molecule has 0 N–H and O–H groups in total. The number of rotatable bonds is 2. The van der Waals surface area contributed by atoms with Gasteiger partial charge in [0, 0.05) is 18.0 Å². The summed E-state index contributed by atoms with van der Waals surface area (Å²) in [5, 5.41) is 8.97. The molecule has 0 atom stereocenters. The fourth-order valence-electron chi connectivity index (χ4n) is 1.39. The molecule has 0 bridgehead atoms. The number of pyridine rings is 1. The molecule has 3 aromatic rings. The lowest BCUT2D eigenvalue weighted by atomic mass is 10.2. The Bertz CT molecular complexity index is 630. The summed E-state index contributed by atoms with van der Waals surface area (Å²) in [6.07, 6.45) is 5.26. The summed E-state index contributed by atoms with van der Waals surface area (Å²) < 4.78 is 5.73. The van der Waals surface area contributed by atoms with Crippen LogP contribution >= 0.6 is 11.5 Å². The molecule has 7 heteroatoms. The van der Waals surface area contributed by atoms with Gasteiger partial charge in [-0.25, -0.2) is 4.98 Å². The van der Waals surface area contributed by atoms with E-state index in [1.807, 2.05) is 32.9 Å². The second kappa shape index (κ2) is 6.14. The Morgan fingerprint density at radius 3 is 2.74 bits per heavy atom. The molecule has 0 fully saturated rings. The van der Waals surface area contributed by atoms with E-state index in [4.69, 9.17) is 0 Å². The highest BCUT2D eigenvalue weighted by molar-refractivity contribution is 7.05. The molecule has 0 aliphatic rings. The van der Waals surface area contributed by atoms with Crippen molar-refractivity contribution in [2.24, 2.45) is 0 Å². The number of aromatic nitrogens is 6. The predicted molar refractivity (Wildman–Crippen MR) is 74.1 cm³/mol.